The molecule has 0 aliphatic carbocycles. The molecule has 2 atom stereocenters. The molecule has 1 aromatic rings. The van der Waals surface area contributed by atoms with E-state index in [0.717, 1.165) is 49.8 Å². The van der Waals surface area contributed by atoms with Crippen LogP contribution >= 0.6 is 11.6 Å². The van der Waals surface area contributed by atoms with E-state index in [1.807, 2.05) is 0 Å². The number of rotatable bonds is 6. The van der Waals surface area contributed by atoms with Crippen LogP contribution in [0.15, 0.2) is 18.2 Å². The van der Waals surface area contributed by atoms with Crippen LogP contribution < -0.4 is 4.74 Å². The summed E-state index contributed by atoms with van der Waals surface area (Å²) < 4.78 is 18.9. The lowest BCUT2D eigenvalue weighted by molar-refractivity contribution is 0.216. The predicted molar refractivity (Wildman–Crippen MR) is 72.9 cm³/mol. The summed E-state index contributed by atoms with van der Waals surface area (Å²) >= 11 is 6.19. The molecule has 1 aliphatic rings. The Morgan fingerprint density at radius 1 is 1.44 bits per heavy atom. The fourth-order valence-electron chi connectivity index (χ4n) is 2.47. The third kappa shape index (κ3) is 3.61. The molecule has 0 aromatic heterocycles. The van der Waals surface area contributed by atoms with E-state index in [1.165, 1.54) is 6.07 Å². The average molecular weight is 271 g/mol. The molecule has 0 saturated carbocycles. The average Bonchev–Trinajstić information content (AvgIpc) is 2.71. The van der Waals surface area contributed by atoms with Gasteiger partial charge >= 0.3 is 0 Å². The Morgan fingerprint density at radius 2 is 2.28 bits per heavy atom. The maximum atomic E-state index is 13.1. The van der Waals surface area contributed by atoms with Crippen molar-refractivity contribution in [2.24, 2.45) is 0 Å². The third-order valence-electron chi connectivity index (χ3n) is 3.41. The molecule has 0 radical (unpaired) electrons. The zero-order chi connectivity index (χ0) is 13.0. The summed E-state index contributed by atoms with van der Waals surface area (Å²) in [4.78, 5) is 0. The molecule has 0 amide bonds. The monoisotopic (exact) mass is 270 g/mol. The van der Waals surface area contributed by atoms with Crippen molar-refractivity contribution in [1.29, 1.82) is 0 Å². The number of hydrogen-bond donors (Lipinski definition) is 0. The topological polar surface area (TPSA) is 9.23 Å². The minimum absolute atomic E-state index is 0.179. The van der Waals surface area contributed by atoms with Crippen molar-refractivity contribution >= 4 is 11.6 Å². The molecular weight excluding hydrogens is 251 g/mol. The van der Waals surface area contributed by atoms with Gasteiger partial charge in [-0.3, -0.25) is 0 Å². The zero-order valence-corrected chi connectivity index (χ0v) is 11.5. The molecule has 18 heavy (non-hydrogen) atoms. The van der Waals surface area contributed by atoms with E-state index in [4.69, 9.17) is 16.3 Å². The van der Waals surface area contributed by atoms with Crippen LogP contribution in [0.1, 0.15) is 44.6 Å². The summed E-state index contributed by atoms with van der Waals surface area (Å²) in [5.74, 6) is 0.666. The number of ether oxygens (including phenoxy) is 1. The van der Waals surface area contributed by atoms with Crippen molar-refractivity contribution in [3.05, 3.63) is 29.6 Å². The van der Waals surface area contributed by atoms with E-state index >= 15 is 0 Å². The number of hydrogen-bond acceptors (Lipinski definition) is 1. The second-order valence-electron chi connectivity index (χ2n) is 5.01. The van der Waals surface area contributed by atoms with Gasteiger partial charge in [-0.1, -0.05) is 13.3 Å². The first-order valence-electron chi connectivity index (χ1n) is 6.78. The van der Waals surface area contributed by atoms with Crippen molar-refractivity contribution in [3.8, 4) is 5.75 Å². The van der Waals surface area contributed by atoms with Crippen molar-refractivity contribution < 1.29 is 9.13 Å². The summed E-state index contributed by atoms with van der Waals surface area (Å²) in [6.45, 7) is 2.15. The summed E-state index contributed by atoms with van der Waals surface area (Å²) in [7, 11) is 0. The van der Waals surface area contributed by atoms with Crippen molar-refractivity contribution in [2.75, 3.05) is 0 Å². The van der Waals surface area contributed by atoms with E-state index in [1.54, 1.807) is 12.1 Å². The molecule has 0 bridgehead atoms. The van der Waals surface area contributed by atoms with Crippen LogP contribution in [-0.2, 0) is 6.42 Å². The summed E-state index contributed by atoms with van der Waals surface area (Å²) in [6.07, 6.45) is 6.37. The Bertz CT molecular complexity index is 394. The van der Waals surface area contributed by atoms with Gasteiger partial charge in [0.05, 0.1) is 0 Å². The lowest BCUT2D eigenvalue weighted by atomic mass is 10.0. The predicted octanol–water partition coefficient (Wildman–Crippen LogP) is 4.71. The zero-order valence-electron chi connectivity index (χ0n) is 10.8. The second-order valence-corrected chi connectivity index (χ2v) is 5.63. The first kappa shape index (κ1) is 13.7. The fourth-order valence-corrected chi connectivity index (χ4v) is 2.85. The lowest BCUT2D eigenvalue weighted by Gasteiger charge is -2.12. The maximum absolute atomic E-state index is 13.1. The Balaban J connectivity index is 1.74. The number of alkyl halides is 1. The van der Waals surface area contributed by atoms with Crippen LogP contribution in [0, 0.1) is 5.82 Å². The molecule has 1 aliphatic heterocycles. The van der Waals surface area contributed by atoms with Crippen LogP contribution in [0.5, 0.6) is 5.75 Å². The van der Waals surface area contributed by atoms with Gasteiger partial charge in [-0.25, -0.2) is 4.39 Å². The highest BCUT2D eigenvalue weighted by Crippen LogP contribution is 2.31. The maximum Gasteiger partial charge on any atom is 0.123 e. The summed E-state index contributed by atoms with van der Waals surface area (Å²) in [6, 6.07) is 4.76. The normalized spacial score (nSPS) is 19.4. The molecule has 0 saturated heterocycles. The molecule has 1 heterocycles. The minimum atomic E-state index is -0.179. The quantitative estimate of drug-likeness (QED) is 0.681. The fraction of sp³-hybridized carbons (Fsp3) is 0.600. The molecule has 2 unspecified atom stereocenters. The van der Waals surface area contributed by atoms with E-state index in [-0.39, 0.29) is 17.3 Å². The van der Waals surface area contributed by atoms with Gasteiger partial charge in [0.2, 0.25) is 0 Å². The molecule has 1 aromatic carbocycles. The Labute approximate surface area is 113 Å². The second kappa shape index (κ2) is 6.42. The van der Waals surface area contributed by atoms with Crippen LogP contribution in [0.25, 0.3) is 0 Å². The van der Waals surface area contributed by atoms with Crippen molar-refractivity contribution in [1.82, 2.24) is 0 Å². The molecule has 2 rings (SSSR count). The highest BCUT2D eigenvalue weighted by atomic mass is 35.5. The smallest absolute Gasteiger partial charge is 0.123 e. The SMILES string of the molecule is CCCC(Cl)CCCC1Cc2cc(F)ccc2O1. The molecule has 3 heteroatoms. The molecule has 0 N–H and O–H groups in total. The molecule has 1 nitrogen and oxygen atoms in total. The van der Waals surface area contributed by atoms with Gasteiger partial charge in [0, 0.05) is 17.4 Å². The van der Waals surface area contributed by atoms with Crippen molar-refractivity contribution in [3.63, 3.8) is 0 Å². The van der Waals surface area contributed by atoms with Gasteiger partial charge in [0.1, 0.15) is 17.7 Å². The van der Waals surface area contributed by atoms with Gasteiger partial charge in [-0.05, 0) is 43.9 Å². The van der Waals surface area contributed by atoms with E-state index in [0.29, 0.717) is 0 Å². The minimum Gasteiger partial charge on any atom is -0.490 e. The molecule has 0 spiro atoms. The number of fused-ring (bicyclic) bond motifs is 1. The van der Waals surface area contributed by atoms with Gasteiger partial charge < -0.3 is 4.74 Å². The first-order valence-corrected chi connectivity index (χ1v) is 7.22. The van der Waals surface area contributed by atoms with Gasteiger partial charge in [0.15, 0.2) is 0 Å². The van der Waals surface area contributed by atoms with Gasteiger partial charge in [-0.15, -0.1) is 11.6 Å². The van der Waals surface area contributed by atoms with E-state index < -0.39 is 0 Å². The van der Waals surface area contributed by atoms with Gasteiger partial charge in [0.25, 0.3) is 0 Å². The third-order valence-corrected chi connectivity index (χ3v) is 3.85. The van der Waals surface area contributed by atoms with Crippen LogP contribution in [0.3, 0.4) is 0 Å². The molecule has 0 fully saturated rings. The van der Waals surface area contributed by atoms with Crippen LogP contribution in [0.2, 0.25) is 0 Å². The molecular formula is C15H20ClFO. The largest absolute Gasteiger partial charge is 0.490 e. The number of halogens is 2. The Morgan fingerprint density at radius 3 is 3.06 bits per heavy atom. The first-order chi connectivity index (χ1) is 8.69. The van der Waals surface area contributed by atoms with E-state index in [9.17, 15) is 4.39 Å². The van der Waals surface area contributed by atoms with Gasteiger partial charge in [-0.2, -0.15) is 0 Å². The molecule has 100 valence electrons. The van der Waals surface area contributed by atoms with Crippen LogP contribution in [-0.4, -0.2) is 11.5 Å². The number of benzene rings is 1. The Hall–Kier alpha value is -0.760. The van der Waals surface area contributed by atoms with Crippen molar-refractivity contribution in [2.45, 2.75) is 56.9 Å². The van der Waals surface area contributed by atoms with Crippen LogP contribution in [0.4, 0.5) is 4.39 Å². The summed E-state index contributed by atoms with van der Waals surface area (Å²) in [5, 5.41) is 0.288. The van der Waals surface area contributed by atoms with E-state index in [2.05, 4.69) is 6.92 Å². The standard InChI is InChI=1S/C15H20ClFO/c1-2-4-12(16)5-3-6-14-10-11-9-13(17)7-8-15(11)18-14/h7-9,12,14H,2-6,10H2,1H3. The highest BCUT2D eigenvalue weighted by Gasteiger charge is 2.22. The summed E-state index contributed by atoms with van der Waals surface area (Å²) in [5.41, 5.74) is 0.996. The lowest BCUT2D eigenvalue weighted by Crippen LogP contribution is -2.13. The highest BCUT2D eigenvalue weighted by molar-refractivity contribution is 6.20. The Kier molecular flexibility index (Phi) is 4.87.